The number of nitrogens with zero attached hydrogens (tertiary/aromatic N) is 1. The van der Waals surface area contributed by atoms with Gasteiger partial charge in [0.05, 0.1) is 34.5 Å². The van der Waals surface area contributed by atoms with Crippen LogP contribution in [0.15, 0.2) is 23.7 Å². The Morgan fingerprint density at radius 3 is 3.26 bits per heavy atom. The Hall–Kier alpha value is -1.50. The van der Waals surface area contributed by atoms with Gasteiger partial charge in [0, 0.05) is 12.2 Å². The zero-order valence-corrected chi connectivity index (χ0v) is 11.0. The highest BCUT2D eigenvalue weighted by Crippen LogP contribution is 2.19. The number of ether oxygens (including phenoxy) is 1. The van der Waals surface area contributed by atoms with Gasteiger partial charge in [-0.2, -0.15) is 0 Å². The van der Waals surface area contributed by atoms with E-state index in [1.807, 2.05) is 12.1 Å². The summed E-state index contributed by atoms with van der Waals surface area (Å²) < 4.78 is 6.12. The average molecular weight is 278 g/mol. The van der Waals surface area contributed by atoms with E-state index < -0.39 is 6.10 Å². The van der Waals surface area contributed by atoms with E-state index in [9.17, 15) is 9.90 Å². The molecule has 0 bridgehead atoms. The van der Waals surface area contributed by atoms with Gasteiger partial charge in [-0.25, -0.2) is 4.98 Å². The van der Waals surface area contributed by atoms with Crippen LogP contribution in [0.4, 0.5) is 0 Å². The molecule has 1 aromatic carbocycles. The third-order valence-electron chi connectivity index (χ3n) is 3.24. The van der Waals surface area contributed by atoms with Crippen LogP contribution < -0.4 is 5.32 Å². The number of hydrogen-bond acceptors (Lipinski definition) is 5. The first kappa shape index (κ1) is 12.5. The molecular formula is C13H14N2O3S. The lowest BCUT2D eigenvalue weighted by atomic mass is 10.1. The van der Waals surface area contributed by atoms with Crippen molar-refractivity contribution in [1.82, 2.24) is 10.3 Å². The molecule has 3 rings (SSSR count). The molecule has 5 nitrogen and oxygen atoms in total. The van der Waals surface area contributed by atoms with Crippen molar-refractivity contribution in [1.29, 1.82) is 0 Å². The van der Waals surface area contributed by atoms with E-state index in [0.717, 1.165) is 10.2 Å². The molecule has 1 aliphatic heterocycles. The maximum Gasteiger partial charge on any atom is 0.251 e. The van der Waals surface area contributed by atoms with Crippen LogP contribution in [0, 0.1) is 0 Å². The number of carbonyl (C=O) groups is 1. The summed E-state index contributed by atoms with van der Waals surface area (Å²) in [6, 6.07) is 5.18. The molecule has 1 saturated heterocycles. The summed E-state index contributed by atoms with van der Waals surface area (Å²) in [6.45, 7) is 0.842. The first-order valence-corrected chi connectivity index (χ1v) is 7.02. The van der Waals surface area contributed by atoms with E-state index in [1.165, 1.54) is 11.3 Å². The monoisotopic (exact) mass is 278 g/mol. The second-order valence-corrected chi connectivity index (χ2v) is 5.43. The van der Waals surface area contributed by atoms with Gasteiger partial charge in [0.1, 0.15) is 0 Å². The van der Waals surface area contributed by atoms with Crippen LogP contribution >= 0.6 is 11.3 Å². The molecule has 19 heavy (non-hydrogen) atoms. The van der Waals surface area contributed by atoms with E-state index in [0.29, 0.717) is 18.6 Å². The SMILES string of the molecule is O=C(N[C@H]1CCOC[C@@H]1O)c1ccc2ncsc2c1. The van der Waals surface area contributed by atoms with Crippen molar-refractivity contribution in [2.75, 3.05) is 13.2 Å². The highest BCUT2D eigenvalue weighted by atomic mass is 32.1. The topological polar surface area (TPSA) is 71.5 Å². The lowest BCUT2D eigenvalue weighted by Crippen LogP contribution is -2.48. The zero-order valence-electron chi connectivity index (χ0n) is 10.2. The van der Waals surface area contributed by atoms with E-state index in [4.69, 9.17) is 4.74 Å². The van der Waals surface area contributed by atoms with E-state index in [-0.39, 0.29) is 18.6 Å². The fraction of sp³-hybridized carbons (Fsp3) is 0.385. The Balaban J connectivity index is 1.75. The van der Waals surface area contributed by atoms with Gasteiger partial charge in [-0.3, -0.25) is 4.79 Å². The van der Waals surface area contributed by atoms with Crippen molar-refractivity contribution in [3.05, 3.63) is 29.3 Å². The predicted octanol–water partition coefficient (Wildman–Crippen LogP) is 1.18. The lowest BCUT2D eigenvalue weighted by Gasteiger charge is -2.28. The number of thiazole rings is 1. The summed E-state index contributed by atoms with van der Waals surface area (Å²) in [7, 11) is 0. The highest BCUT2D eigenvalue weighted by Gasteiger charge is 2.25. The maximum atomic E-state index is 12.1. The summed E-state index contributed by atoms with van der Waals surface area (Å²) in [5.74, 6) is -0.166. The van der Waals surface area contributed by atoms with Crippen molar-refractivity contribution < 1.29 is 14.6 Å². The smallest absolute Gasteiger partial charge is 0.251 e. The standard InChI is InChI=1S/C13H14N2O3S/c16-11-6-18-4-3-9(11)15-13(17)8-1-2-10-12(5-8)19-7-14-10/h1-2,5,7,9,11,16H,3-4,6H2,(H,15,17)/t9-,11-/m0/s1. The summed E-state index contributed by atoms with van der Waals surface area (Å²) in [5.41, 5.74) is 3.25. The third-order valence-corrected chi connectivity index (χ3v) is 4.03. The Labute approximate surface area is 114 Å². The van der Waals surface area contributed by atoms with Gasteiger partial charge in [-0.05, 0) is 24.6 Å². The number of rotatable bonds is 2. The number of aliphatic hydroxyl groups excluding tert-OH is 1. The second kappa shape index (κ2) is 5.24. The first-order valence-electron chi connectivity index (χ1n) is 6.14. The normalized spacial score (nSPS) is 23.4. The number of fused-ring (bicyclic) bond motifs is 1. The minimum absolute atomic E-state index is 0.166. The van der Waals surface area contributed by atoms with E-state index in [2.05, 4.69) is 10.3 Å². The molecule has 0 spiro atoms. The Bertz CT molecular complexity index is 598. The number of amides is 1. The second-order valence-electron chi connectivity index (χ2n) is 4.55. The van der Waals surface area contributed by atoms with Gasteiger partial charge < -0.3 is 15.2 Å². The van der Waals surface area contributed by atoms with Crippen LogP contribution in [0.3, 0.4) is 0 Å². The molecular weight excluding hydrogens is 264 g/mol. The van der Waals surface area contributed by atoms with Crippen molar-refractivity contribution in [3.63, 3.8) is 0 Å². The molecule has 2 N–H and O–H groups in total. The van der Waals surface area contributed by atoms with Gasteiger partial charge in [0.2, 0.25) is 0 Å². The Morgan fingerprint density at radius 1 is 1.53 bits per heavy atom. The minimum atomic E-state index is -0.634. The lowest BCUT2D eigenvalue weighted by molar-refractivity contribution is -0.0260. The van der Waals surface area contributed by atoms with E-state index >= 15 is 0 Å². The van der Waals surface area contributed by atoms with Crippen molar-refractivity contribution >= 4 is 27.5 Å². The highest BCUT2D eigenvalue weighted by molar-refractivity contribution is 7.16. The summed E-state index contributed by atoms with van der Waals surface area (Å²) >= 11 is 1.51. The molecule has 1 aliphatic rings. The van der Waals surface area contributed by atoms with Crippen molar-refractivity contribution in [2.45, 2.75) is 18.6 Å². The quantitative estimate of drug-likeness (QED) is 0.865. The van der Waals surface area contributed by atoms with Crippen molar-refractivity contribution in [2.24, 2.45) is 0 Å². The Kier molecular flexibility index (Phi) is 3.46. The molecule has 0 aliphatic carbocycles. The number of nitrogens with one attached hydrogen (secondary N) is 1. The predicted molar refractivity (Wildman–Crippen MR) is 72.3 cm³/mol. The largest absolute Gasteiger partial charge is 0.389 e. The van der Waals surface area contributed by atoms with Crippen molar-refractivity contribution in [3.8, 4) is 0 Å². The third kappa shape index (κ3) is 2.60. The molecule has 1 aromatic heterocycles. The number of aliphatic hydroxyl groups is 1. The van der Waals surface area contributed by atoms with Gasteiger partial charge in [-0.1, -0.05) is 0 Å². The molecule has 2 atom stereocenters. The zero-order chi connectivity index (χ0) is 13.2. The van der Waals surface area contributed by atoms with Gasteiger partial charge in [-0.15, -0.1) is 11.3 Å². The fourth-order valence-corrected chi connectivity index (χ4v) is 2.86. The first-order chi connectivity index (χ1) is 9.24. The van der Waals surface area contributed by atoms with Gasteiger partial charge in [0.15, 0.2) is 0 Å². The number of benzene rings is 1. The number of aromatic nitrogens is 1. The van der Waals surface area contributed by atoms with Crippen LogP contribution in [-0.2, 0) is 4.74 Å². The molecule has 1 fully saturated rings. The summed E-state index contributed by atoms with van der Waals surface area (Å²) in [4.78, 5) is 16.3. The maximum absolute atomic E-state index is 12.1. The molecule has 0 unspecified atom stereocenters. The molecule has 0 saturated carbocycles. The van der Waals surface area contributed by atoms with Crippen LogP contribution in [0.25, 0.3) is 10.2 Å². The molecule has 6 heteroatoms. The summed E-state index contributed by atoms with van der Waals surface area (Å²) in [6.07, 6.45) is 0.000220. The minimum Gasteiger partial charge on any atom is -0.389 e. The van der Waals surface area contributed by atoms with Crippen LogP contribution in [-0.4, -0.2) is 41.4 Å². The van der Waals surface area contributed by atoms with E-state index in [1.54, 1.807) is 11.6 Å². The molecule has 2 heterocycles. The summed E-state index contributed by atoms with van der Waals surface area (Å²) in [5, 5.41) is 12.6. The molecule has 2 aromatic rings. The van der Waals surface area contributed by atoms with Crippen LogP contribution in [0.5, 0.6) is 0 Å². The molecule has 1 amide bonds. The molecule has 100 valence electrons. The average Bonchev–Trinajstić information content (AvgIpc) is 2.88. The van der Waals surface area contributed by atoms with Crippen LogP contribution in [0.1, 0.15) is 16.8 Å². The van der Waals surface area contributed by atoms with Gasteiger partial charge >= 0.3 is 0 Å². The fourth-order valence-electron chi connectivity index (χ4n) is 2.14. The number of carbonyl (C=O) groups excluding carboxylic acids is 1. The van der Waals surface area contributed by atoms with Crippen LogP contribution in [0.2, 0.25) is 0 Å². The molecule has 0 radical (unpaired) electrons. The Morgan fingerprint density at radius 2 is 2.42 bits per heavy atom. The number of hydrogen-bond donors (Lipinski definition) is 2. The van der Waals surface area contributed by atoms with Gasteiger partial charge in [0.25, 0.3) is 5.91 Å².